The molecule has 5 rings (SSSR count). The van der Waals surface area contributed by atoms with Crippen LogP contribution in [-0.4, -0.2) is 32.6 Å². The van der Waals surface area contributed by atoms with E-state index in [1.807, 2.05) is 48.7 Å². The summed E-state index contributed by atoms with van der Waals surface area (Å²) in [5, 5.41) is 4.44. The molecule has 0 aliphatic heterocycles. The number of hydrogen-bond donors (Lipinski definition) is 4. The van der Waals surface area contributed by atoms with Gasteiger partial charge in [0.05, 0.1) is 6.20 Å². The molecule has 0 aliphatic carbocycles. The molecular formula is C26H25N7O. The molecule has 0 bridgehead atoms. The van der Waals surface area contributed by atoms with Crippen LogP contribution in [0.2, 0.25) is 0 Å². The Hall–Kier alpha value is -4.43. The Morgan fingerprint density at radius 2 is 1.91 bits per heavy atom. The number of nitrogen functional groups attached to an aromatic ring is 1. The Morgan fingerprint density at radius 1 is 1.00 bits per heavy atom. The normalized spacial score (nSPS) is 11.9. The first-order valence-electron chi connectivity index (χ1n) is 11.0. The van der Waals surface area contributed by atoms with Crippen LogP contribution in [0.1, 0.15) is 5.56 Å². The van der Waals surface area contributed by atoms with E-state index in [-0.39, 0.29) is 12.0 Å². The largest absolute Gasteiger partial charge is 0.490 e. The Kier molecular flexibility index (Phi) is 6.05. The summed E-state index contributed by atoms with van der Waals surface area (Å²) in [4.78, 5) is 15.7. The number of anilines is 3. The van der Waals surface area contributed by atoms with Crippen LogP contribution in [0, 0.1) is 0 Å². The maximum Gasteiger partial charge on any atom is 0.221 e. The van der Waals surface area contributed by atoms with Gasteiger partial charge in [-0.3, -0.25) is 4.98 Å². The molecule has 34 heavy (non-hydrogen) atoms. The van der Waals surface area contributed by atoms with E-state index in [0.717, 1.165) is 28.8 Å². The van der Waals surface area contributed by atoms with Crippen LogP contribution in [0.3, 0.4) is 0 Å². The maximum absolute atomic E-state index is 6.37. The Labute approximate surface area is 197 Å². The van der Waals surface area contributed by atoms with Gasteiger partial charge >= 0.3 is 0 Å². The molecule has 6 N–H and O–H groups in total. The van der Waals surface area contributed by atoms with Gasteiger partial charge in [0.15, 0.2) is 0 Å². The van der Waals surface area contributed by atoms with Gasteiger partial charge in [0.1, 0.15) is 18.2 Å². The molecule has 0 aliphatic rings. The number of hydrogen-bond acceptors (Lipinski definition) is 7. The standard InChI is InChI=1S/C26H25N7O/c27-20(10-19-14-31-24-7-2-1-6-23(19)24)16-34-22-12-18(13-29-15-22)17-4-3-5-21(11-17)32-25-8-9-30-26(28)33-25/h1-9,11-15,20,31H,10,16,27H2,(H3,28,30,32,33). The fraction of sp³-hybridized carbons (Fsp3) is 0.115. The Morgan fingerprint density at radius 3 is 2.82 bits per heavy atom. The maximum atomic E-state index is 6.37. The molecular weight excluding hydrogens is 426 g/mol. The lowest BCUT2D eigenvalue weighted by molar-refractivity contribution is 0.287. The van der Waals surface area contributed by atoms with Crippen molar-refractivity contribution in [2.45, 2.75) is 12.5 Å². The minimum absolute atomic E-state index is 0.143. The fourth-order valence-electron chi connectivity index (χ4n) is 3.87. The number of fused-ring (bicyclic) bond motifs is 1. The Bertz CT molecular complexity index is 1420. The summed E-state index contributed by atoms with van der Waals surface area (Å²) in [6, 6.07) is 19.8. The van der Waals surface area contributed by atoms with Crippen molar-refractivity contribution in [2.24, 2.45) is 5.73 Å². The molecule has 0 spiro atoms. The second-order valence-corrected chi connectivity index (χ2v) is 8.05. The second-order valence-electron chi connectivity index (χ2n) is 8.05. The number of aromatic nitrogens is 4. The molecule has 8 nitrogen and oxygen atoms in total. The number of rotatable bonds is 8. The summed E-state index contributed by atoms with van der Waals surface area (Å²) in [5.41, 5.74) is 17.1. The zero-order valence-corrected chi connectivity index (χ0v) is 18.5. The van der Waals surface area contributed by atoms with Gasteiger partial charge in [0.2, 0.25) is 5.95 Å². The number of aromatic amines is 1. The van der Waals surface area contributed by atoms with Crippen molar-refractivity contribution in [3.05, 3.63) is 91.0 Å². The van der Waals surface area contributed by atoms with E-state index < -0.39 is 0 Å². The van der Waals surface area contributed by atoms with Crippen LogP contribution in [0.25, 0.3) is 22.0 Å². The van der Waals surface area contributed by atoms with Gasteiger partial charge in [-0.2, -0.15) is 4.98 Å². The lowest BCUT2D eigenvalue weighted by atomic mass is 10.1. The van der Waals surface area contributed by atoms with Crippen molar-refractivity contribution in [1.82, 2.24) is 19.9 Å². The molecule has 0 radical (unpaired) electrons. The van der Waals surface area contributed by atoms with Crippen molar-refractivity contribution in [1.29, 1.82) is 0 Å². The zero-order chi connectivity index (χ0) is 23.3. The number of ether oxygens (including phenoxy) is 1. The van der Waals surface area contributed by atoms with Crippen molar-refractivity contribution in [3.8, 4) is 16.9 Å². The number of benzene rings is 2. The molecule has 3 heterocycles. The molecule has 0 saturated heterocycles. The molecule has 3 aromatic heterocycles. The zero-order valence-electron chi connectivity index (χ0n) is 18.5. The summed E-state index contributed by atoms with van der Waals surface area (Å²) in [6.07, 6.45) is 7.86. The van der Waals surface area contributed by atoms with E-state index in [2.05, 4.69) is 37.4 Å². The van der Waals surface area contributed by atoms with E-state index in [1.54, 1.807) is 24.7 Å². The first kappa shape index (κ1) is 21.4. The predicted octanol–water partition coefficient (Wildman–Crippen LogP) is 4.29. The minimum atomic E-state index is -0.143. The van der Waals surface area contributed by atoms with Crippen molar-refractivity contribution in [3.63, 3.8) is 0 Å². The van der Waals surface area contributed by atoms with Crippen LogP contribution in [0.5, 0.6) is 5.75 Å². The van der Waals surface area contributed by atoms with Crippen molar-refractivity contribution in [2.75, 3.05) is 17.7 Å². The van der Waals surface area contributed by atoms with Crippen LogP contribution >= 0.6 is 0 Å². The highest BCUT2D eigenvalue weighted by Crippen LogP contribution is 2.26. The second kappa shape index (κ2) is 9.60. The molecule has 170 valence electrons. The quantitative estimate of drug-likeness (QED) is 0.277. The number of nitrogens with one attached hydrogen (secondary N) is 2. The van der Waals surface area contributed by atoms with Gasteiger partial charge < -0.3 is 26.5 Å². The lowest BCUT2D eigenvalue weighted by Crippen LogP contribution is -2.30. The molecule has 1 unspecified atom stereocenters. The third kappa shape index (κ3) is 4.97. The number of pyridine rings is 1. The molecule has 8 heteroatoms. The Balaban J connectivity index is 1.24. The van der Waals surface area contributed by atoms with E-state index in [1.165, 1.54) is 10.9 Å². The van der Waals surface area contributed by atoms with Crippen LogP contribution in [0.4, 0.5) is 17.5 Å². The number of H-pyrrole nitrogens is 1. The number of nitrogens with zero attached hydrogens (tertiary/aromatic N) is 3. The average molecular weight is 452 g/mol. The monoisotopic (exact) mass is 451 g/mol. The lowest BCUT2D eigenvalue weighted by Gasteiger charge is -2.14. The van der Waals surface area contributed by atoms with Crippen LogP contribution in [-0.2, 0) is 6.42 Å². The summed E-state index contributed by atoms with van der Waals surface area (Å²) in [6.45, 7) is 0.390. The van der Waals surface area contributed by atoms with Crippen LogP contribution < -0.4 is 21.5 Å². The molecule has 1 atom stereocenters. The van der Waals surface area contributed by atoms with Gasteiger partial charge in [0.25, 0.3) is 0 Å². The van der Waals surface area contributed by atoms with Gasteiger partial charge in [-0.15, -0.1) is 0 Å². The molecule has 0 amide bonds. The third-order valence-electron chi connectivity index (χ3n) is 5.48. The fourth-order valence-corrected chi connectivity index (χ4v) is 3.87. The van der Waals surface area contributed by atoms with Gasteiger partial charge in [-0.25, -0.2) is 4.98 Å². The van der Waals surface area contributed by atoms with Gasteiger partial charge in [-0.1, -0.05) is 30.3 Å². The van der Waals surface area contributed by atoms with Crippen molar-refractivity contribution < 1.29 is 4.74 Å². The summed E-state index contributed by atoms with van der Waals surface area (Å²) in [7, 11) is 0. The third-order valence-corrected chi connectivity index (χ3v) is 5.48. The summed E-state index contributed by atoms with van der Waals surface area (Å²) in [5.74, 6) is 1.52. The minimum Gasteiger partial charge on any atom is -0.490 e. The molecule has 5 aromatic rings. The van der Waals surface area contributed by atoms with Gasteiger partial charge in [0, 0.05) is 46.8 Å². The van der Waals surface area contributed by atoms with E-state index in [4.69, 9.17) is 16.2 Å². The summed E-state index contributed by atoms with van der Waals surface area (Å²) >= 11 is 0. The highest BCUT2D eigenvalue weighted by atomic mass is 16.5. The first-order chi connectivity index (χ1) is 16.6. The van der Waals surface area contributed by atoms with E-state index in [9.17, 15) is 0 Å². The number of nitrogens with two attached hydrogens (primary N) is 2. The predicted molar refractivity (Wildman–Crippen MR) is 135 cm³/mol. The smallest absolute Gasteiger partial charge is 0.221 e. The SMILES string of the molecule is Nc1nccc(Nc2cccc(-c3cncc(OCC(N)Cc4c[nH]c5ccccc45)c3)c2)n1. The highest BCUT2D eigenvalue weighted by Gasteiger charge is 2.10. The van der Waals surface area contributed by atoms with Crippen molar-refractivity contribution >= 4 is 28.4 Å². The van der Waals surface area contributed by atoms with Crippen LogP contribution in [0.15, 0.2) is 85.5 Å². The van der Waals surface area contributed by atoms with Gasteiger partial charge in [-0.05, 0) is 47.9 Å². The number of para-hydroxylation sites is 1. The topological polar surface area (TPSA) is 128 Å². The summed E-state index contributed by atoms with van der Waals surface area (Å²) < 4.78 is 5.99. The average Bonchev–Trinajstić information content (AvgIpc) is 3.26. The molecule has 2 aromatic carbocycles. The molecule has 0 fully saturated rings. The van der Waals surface area contributed by atoms with E-state index >= 15 is 0 Å². The highest BCUT2D eigenvalue weighted by molar-refractivity contribution is 5.83. The first-order valence-corrected chi connectivity index (χ1v) is 11.0. The van der Waals surface area contributed by atoms with E-state index in [0.29, 0.717) is 18.2 Å². The molecule has 0 saturated carbocycles.